The van der Waals surface area contributed by atoms with Gasteiger partial charge in [-0.05, 0) is 48.5 Å². The number of hydrogen-bond acceptors (Lipinski definition) is 5. The summed E-state index contributed by atoms with van der Waals surface area (Å²) in [5.41, 5.74) is -0.898. The van der Waals surface area contributed by atoms with E-state index >= 15 is 0 Å². The highest BCUT2D eigenvalue weighted by Crippen LogP contribution is 2.30. The first kappa shape index (κ1) is 23.2. The monoisotopic (exact) mass is 464 g/mol. The molecule has 2 rings (SSSR count). The molecule has 0 aliphatic heterocycles. The van der Waals surface area contributed by atoms with Gasteiger partial charge in [0.15, 0.2) is 0 Å². The van der Waals surface area contributed by atoms with Gasteiger partial charge in [0, 0.05) is 21.4 Å². The van der Waals surface area contributed by atoms with Crippen LogP contribution in [0.3, 0.4) is 0 Å². The molecule has 27 heavy (non-hydrogen) atoms. The number of rotatable bonds is 3. The molecule has 0 aliphatic rings. The van der Waals surface area contributed by atoms with Crippen molar-refractivity contribution in [3.63, 3.8) is 0 Å². The van der Waals surface area contributed by atoms with E-state index in [1.54, 1.807) is 0 Å². The molecule has 0 aromatic heterocycles. The predicted octanol–water partition coefficient (Wildman–Crippen LogP) is 3.95. The topological polar surface area (TPSA) is 106 Å². The van der Waals surface area contributed by atoms with E-state index in [0.29, 0.717) is 12.1 Å². The van der Waals surface area contributed by atoms with Crippen LogP contribution < -0.4 is 0 Å². The SMILES string of the molecule is O=C(O)c1ccc(S(=O)(=O)Cl)cc1.O=S(=O)(Cl)c1ccc(C(F)(F)F)cc1. The number of carboxylic acid groups (broad SMARTS) is 1. The maximum atomic E-state index is 12.0. The molecule has 148 valence electrons. The maximum Gasteiger partial charge on any atom is 0.416 e. The van der Waals surface area contributed by atoms with E-state index in [1.807, 2.05) is 0 Å². The molecule has 0 saturated carbocycles. The van der Waals surface area contributed by atoms with Crippen LogP contribution in [0.15, 0.2) is 58.3 Å². The summed E-state index contributed by atoms with van der Waals surface area (Å²) in [7, 11) is 2.21. The minimum Gasteiger partial charge on any atom is -0.478 e. The Bertz CT molecular complexity index is 1020. The molecule has 0 saturated heterocycles. The Morgan fingerprint density at radius 3 is 1.37 bits per heavy atom. The zero-order valence-electron chi connectivity index (χ0n) is 12.8. The number of benzene rings is 2. The summed E-state index contributed by atoms with van der Waals surface area (Å²) in [6, 6.07) is 7.59. The van der Waals surface area contributed by atoms with Crippen molar-refractivity contribution in [1.29, 1.82) is 0 Å². The molecule has 2 aromatic carbocycles. The van der Waals surface area contributed by atoms with Crippen molar-refractivity contribution in [1.82, 2.24) is 0 Å². The van der Waals surface area contributed by atoms with Crippen LogP contribution in [0.25, 0.3) is 0 Å². The molecule has 2 aromatic rings. The average Bonchev–Trinajstić information content (AvgIpc) is 2.53. The number of hydrogen-bond donors (Lipinski definition) is 1. The Morgan fingerprint density at radius 2 is 1.11 bits per heavy atom. The van der Waals surface area contributed by atoms with Crippen molar-refractivity contribution in [3.05, 3.63) is 59.7 Å². The van der Waals surface area contributed by atoms with Crippen molar-refractivity contribution in [2.24, 2.45) is 0 Å². The predicted molar refractivity (Wildman–Crippen MR) is 90.9 cm³/mol. The summed E-state index contributed by atoms with van der Waals surface area (Å²) in [5.74, 6) is -1.11. The van der Waals surface area contributed by atoms with E-state index in [1.165, 1.54) is 12.1 Å². The number of carbonyl (C=O) groups is 1. The highest BCUT2D eigenvalue weighted by atomic mass is 35.7. The lowest BCUT2D eigenvalue weighted by atomic mass is 10.2. The molecule has 0 atom stereocenters. The summed E-state index contributed by atoms with van der Waals surface area (Å²) >= 11 is 0. The summed E-state index contributed by atoms with van der Waals surface area (Å²) in [5, 5.41) is 8.50. The first-order chi connectivity index (χ1) is 12.1. The van der Waals surface area contributed by atoms with E-state index in [0.717, 1.165) is 24.3 Å². The molecule has 0 radical (unpaired) electrons. The molecule has 0 bridgehead atoms. The van der Waals surface area contributed by atoms with Crippen molar-refractivity contribution in [3.8, 4) is 0 Å². The van der Waals surface area contributed by atoms with Gasteiger partial charge in [-0.1, -0.05) is 0 Å². The highest BCUT2D eigenvalue weighted by Gasteiger charge is 2.30. The fourth-order valence-electron chi connectivity index (χ4n) is 1.57. The Hall–Kier alpha value is -1.82. The summed E-state index contributed by atoms with van der Waals surface area (Å²) in [6.45, 7) is 0. The quantitative estimate of drug-likeness (QED) is 0.689. The van der Waals surface area contributed by atoms with Gasteiger partial charge in [0.25, 0.3) is 18.1 Å². The van der Waals surface area contributed by atoms with Crippen LogP contribution in [0, 0.1) is 0 Å². The molecule has 13 heteroatoms. The zero-order chi connectivity index (χ0) is 21.0. The third-order valence-electron chi connectivity index (χ3n) is 2.85. The van der Waals surface area contributed by atoms with Crippen molar-refractivity contribution >= 4 is 45.4 Å². The van der Waals surface area contributed by atoms with Gasteiger partial charge in [-0.2, -0.15) is 13.2 Å². The van der Waals surface area contributed by atoms with Crippen molar-refractivity contribution in [2.45, 2.75) is 16.0 Å². The largest absolute Gasteiger partial charge is 0.478 e. The van der Waals surface area contributed by atoms with Gasteiger partial charge in [-0.25, -0.2) is 21.6 Å². The normalized spacial score (nSPS) is 12.0. The highest BCUT2D eigenvalue weighted by molar-refractivity contribution is 8.14. The van der Waals surface area contributed by atoms with Gasteiger partial charge in [0.2, 0.25) is 0 Å². The lowest BCUT2D eigenvalue weighted by Gasteiger charge is -2.05. The Labute approximate surface area is 161 Å². The smallest absolute Gasteiger partial charge is 0.416 e. The second-order valence-electron chi connectivity index (χ2n) is 4.73. The Kier molecular flexibility index (Phi) is 7.28. The van der Waals surface area contributed by atoms with Gasteiger partial charge in [0.1, 0.15) is 0 Å². The van der Waals surface area contributed by atoms with Crippen LogP contribution in [0.2, 0.25) is 0 Å². The third kappa shape index (κ3) is 7.37. The van der Waals surface area contributed by atoms with E-state index in [4.69, 9.17) is 26.5 Å². The lowest BCUT2D eigenvalue weighted by molar-refractivity contribution is -0.137. The van der Waals surface area contributed by atoms with Gasteiger partial charge in [0.05, 0.1) is 20.9 Å². The van der Waals surface area contributed by atoms with Crippen LogP contribution in [0.5, 0.6) is 0 Å². The molecule has 0 amide bonds. The average molecular weight is 465 g/mol. The first-order valence-corrected chi connectivity index (χ1v) is 11.1. The van der Waals surface area contributed by atoms with E-state index in [-0.39, 0.29) is 15.4 Å². The van der Waals surface area contributed by atoms with E-state index in [9.17, 15) is 34.8 Å². The molecular weight excluding hydrogens is 456 g/mol. The van der Waals surface area contributed by atoms with Gasteiger partial charge in [-0.3, -0.25) is 0 Å². The minimum absolute atomic E-state index is 0.0177. The molecule has 0 heterocycles. The molecule has 0 spiro atoms. The standard InChI is InChI=1S/C7H4ClF3O2S.C7H5ClO4S/c8-14(12,13)6-3-1-5(2-4-6)7(9,10)11;8-13(11,12)6-3-1-5(2-4-6)7(9)10/h1-4H;1-4H,(H,9,10). The lowest BCUT2D eigenvalue weighted by Crippen LogP contribution is -2.04. The second kappa shape index (κ2) is 8.46. The fourth-order valence-corrected chi connectivity index (χ4v) is 3.11. The molecule has 1 N–H and O–H groups in total. The fraction of sp³-hybridized carbons (Fsp3) is 0.0714. The van der Waals surface area contributed by atoms with Gasteiger partial charge < -0.3 is 5.11 Å². The maximum absolute atomic E-state index is 12.0. The number of carboxylic acids is 1. The number of alkyl halides is 3. The Balaban J connectivity index is 0.000000271. The minimum atomic E-state index is -4.48. The van der Waals surface area contributed by atoms with E-state index < -0.39 is 35.8 Å². The molecule has 0 fully saturated rings. The first-order valence-electron chi connectivity index (χ1n) is 6.52. The van der Waals surface area contributed by atoms with Crippen LogP contribution in [0.1, 0.15) is 15.9 Å². The molecular formula is C14H9Cl2F3O6S2. The number of aromatic carboxylic acids is 1. The van der Waals surface area contributed by atoms with Gasteiger partial charge >= 0.3 is 12.1 Å². The van der Waals surface area contributed by atoms with Crippen LogP contribution >= 0.6 is 21.4 Å². The zero-order valence-corrected chi connectivity index (χ0v) is 16.0. The molecule has 0 aliphatic carbocycles. The van der Waals surface area contributed by atoms with E-state index in [2.05, 4.69) is 0 Å². The van der Waals surface area contributed by atoms with Crippen LogP contribution in [0.4, 0.5) is 13.2 Å². The molecule has 0 unspecified atom stereocenters. The van der Waals surface area contributed by atoms with Crippen molar-refractivity contribution in [2.75, 3.05) is 0 Å². The van der Waals surface area contributed by atoms with Crippen LogP contribution in [-0.2, 0) is 24.3 Å². The summed E-state index contributed by atoms with van der Waals surface area (Å²) in [4.78, 5) is 9.91. The van der Waals surface area contributed by atoms with Gasteiger partial charge in [-0.15, -0.1) is 0 Å². The number of halogens is 5. The second-order valence-corrected chi connectivity index (χ2v) is 9.86. The molecule has 6 nitrogen and oxygen atoms in total. The summed E-state index contributed by atoms with van der Waals surface area (Å²) in [6.07, 6.45) is -4.48. The van der Waals surface area contributed by atoms with Crippen LogP contribution in [-0.4, -0.2) is 27.9 Å². The Morgan fingerprint density at radius 1 is 0.778 bits per heavy atom. The summed E-state index contributed by atoms with van der Waals surface area (Å²) < 4.78 is 78.9. The van der Waals surface area contributed by atoms with Crippen molar-refractivity contribution < 1.29 is 39.9 Å². The third-order valence-corrected chi connectivity index (χ3v) is 5.59.